The third-order valence-corrected chi connectivity index (χ3v) is 7.38. The number of hydrazine groups is 1. The van der Waals surface area contributed by atoms with E-state index in [1.165, 1.54) is 24.3 Å². The molecule has 9 nitrogen and oxygen atoms in total. The van der Waals surface area contributed by atoms with Gasteiger partial charge in [0.25, 0.3) is 11.8 Å². The molecule has 37 heavy (non-hydrogen) atoms. The van der Waals surface area contributed by atoms with Crippen LogP contribution in [0, 0.1) is 23.7 Å². The number of hydrogen-bond donors (Lipinski definition) is 2. The summed E-state index contributed by atoms with van der Waals surface area (Å²) in [6, 6.07) is 13.8. The third-order valence-electron chi connectivity index (χ3n) is 7.13. The molecular weight excluding hydrogens is 498 g/mol. The van der Waals surface area contributed by atoms with Crippen LogP contribution in [0.15, 0.2) is 66.7 Å². The first kappa shape index (κ1) is 24.7. The lowest BCUT2D eigenvalue weighted by Gasteiger charge is -2.26. The van der Waals surface area contributed by atoms with Crippen LogP contribution in [0.4, 0.5) is 0 Å². The summed E-state index contributed by atoms with van der Waals surface area (Å²) >= 11 is 5.80. The Bertz CT molecular complexity index is 1250. The summed E-state index contributed by atoms with van der Waals surface area (Å²) in [5, 5.41) is 0.458. The number of rotatable bonds is 7. The number of carbonyl (C=O) groups excluding carboxylic acids is 5. The Balaban J connectivity index is 1.24. The number of carbonyl (C=O) groups is 5. The average molecular weight is 522 g/mol. The first-order valence-corrected chi connectivity index (χ1v) is 12.3. The molecule has 2 fully saturated rings. The first-order chi connectivity index (χ1) is 17.8. The van der Waals surface area contributed by atoms with Crippen LogP contribution < -0.4 is 10.9 Å². The lowest BCUT2D eigenvalue weighted by atomic mass is 9.85. The number of likely N-dealkylation sites (tertiary alicyclic amines) is 1. The average Bonchev–Trinajstić information content (AvgIpc) is 3.59. The molecule has 0 radical (unpaired) electrons. The summed E-state index contributed by atoms with van der Waals surface area (Å²) in [6.07, 6.45) is 4.80. The molecule has 2 aromatic rings. The standard InChI is InChI=1S/C27H24ClN3O6/c28-19-10-8-16(9-11-19)24(33)30-29-21(32)14-37-27(36)20(12-15-4-2-1-3-5-15)31-25(34)22-17-6-7-18(13-17)23(22)26(31)35/h1-11,17-18,20,22-23H,12-14H2,(H,29,32)(H,30,33)/t17-,18-,20-,22-,23-/m0/s1. The van der Waals surface area contributed by atoms with Crippen LogP contribution in [0.3, 0.4) is 0 Å². The highest BCUT2D eigenvalue weighted by Gasteiger charge is 2.61. The second-order valence-corrected chi connectivity index (χ2v) is 9.81. The lowest BCUT2D eigenvalue weighted by molar-refractivity contribution is -0.160. The van der Waals surface area contributed by atoms with Gasteiger partial charge in [-0.2, -0.15) is 0 Å². The number of fused-ring (bicyclic) bond motifs is 5. The lowest BCUT2D eigenvalue weighted by Crippen LogP contribution is -2.49. The molecule has 2 aromatic carbocycles. The van der Waals surface area contributed by atoms with E-state index in [2.05, 4.69) is 10.9 Å². The van der Waals surface area contributed by atoms with Crippen LogP contribution >= 0.6 is 11.6 Å². The Kier molecular flexibility index (Phi) is 6.80. The number of ether oxygens (including phenoxy) is 1. The predicted molar refractivity (Wildman–Crippen MR) is 132 cm³/mol. The van der Waals surface area contributed by atoms with Gasteiger partial charge in [-0.05, 0) is 48.1 Å². The van der Waals surface area contributed by atoms with Crippen LogP contribution in [0.25, 0.3) is 0 Å². The normalized spacial score (nSPS) is 24.1. The van der Waals surface area contributed by atoms with Gasteiger partial charge in [-0.1, -0.05) is 54.1 Å². The molecule has 1 heterocycles. The maximum absolute atomic E-state index is 13.3. The molecule has 0 unspecified atom stereocenters. The molecule has 1 aliphatic heterocycles. The van der Waals surface area contributed by atoms with Gasteiger partial charge < -0.3 is 4.74 Å². The molecule has 5 atom stereocenters. The van der Waals surface area contributed by atoms with E-state index >= 15 is 0 Å². The van der Waals surface area contributed by atoms with Crippen molar-refractivity contribution in [1.82, 2.24) is 15.8 Å². The number of esters is 1. The number of amides is 4. The molecule has 2 bridgehead atoms. The van der Waals surface area contributed by atoms with E-state index in [4.69, 9.17) is 16.3 Å². The summed E-state index contributed by atoms with van der Waals surface area (Å²) in [4.78, 5) is 65.2. The summed E-state index contributed by atoms with van der Waals surface area (Å²) in [5.74, 6) is -3.90. The first-order valence-electron chi connectivity index (χ1n) is 11.9. The molecule has 2 N–H and O–H groups in total. The summed E-state index contributed by atoms with van der Waals surface area (Å²) in [7, 11) is 0. The molecule has 10 heteroatoms. The molecule has 190 valence electrons. The number of nitrogens with one attached hydrogen (secondary N) is 2. The maximum Gasteiger partial charge on any atom is 0.330 e. The zero-order chi connectivity index (χ0) is 26.1. The molecule has 3 aliphatic rings. The largest absolute Gasteiger partial charge is 0.454 e. The van der Waals surface area contributed by atoms with E-state index in [0.717, 1.165) is 16.9 Å². The van der Waals surface area contributed by atoms with Crippen LogP contribution in [0.5, 0.6) is 0 Å². The molecule has 1 saturated carbocycles. The van der Waals surface area contributed by atoms with E-state index in [-0.39, 0.29) is 35.6 Å². The zero-order valence-corrected chi connectivity index (χ0v) is 20.4. The van der Waals surface area contributed by atoms with Gasteiger partial charge in [0, 0.05) is 17.0 Å². The number of hydrogen-bond acceptors (Lipinski definition) is 6. The summed E-state index contributed by atoms with van der Waals surface area (Å²) < 4.78 is 5.21. The quantitative estimate of drug-likeness (QED) is 0.249. The fourth-order valence-corrected chi connectivity index (χ4v) is 5.54. The molecule has 0 aromatic heterocycles. The van der Waals surface area contributed by atoms with Gasteiger partial charge in [0.1, 0.15) is 6.04 Å². The topological polar surface area (TPSA) is 122 Å². The molecule has 1 saturated heterocycles. The van der Waals surface area contributed by atoms with Gasteiger partial charge in [-0.3, -0.25) is 34.9 Å². The Morgan fingerprint density at radius 1 is 0.919 bits per heavy atom. The van der Waals surface area contributed by atoms with Crippen molar-refractivity contribution in [2.75, 3.05) is 6.61 Å². The van der Waals surface area contributed by atoms with Crippen LogP contribution in [-0.4, -0.2) is 47.1 Å². The van der Waals surface area contributed by atoms with E-state index in [9.17, 15) is 24.0 Å². The van der Waals surface area contributed by atoms with Crippen molar-refractivity contribution in [2.45, 2.75) is 18.9 Å². The van der Waals surface area contributed by atoms with Crippen molar-refractivity contribution in [3.63, 3.8) is 0 Å². The molecule has 0 spiro atoms. The smallest absolute Gasteiger partial charge is 0.330 e. The Hall–Kier alpha value is -3.98. The Morgan fingerprint density at radius 2 is 1.54 bits per heavy atom. The highest BCUT2D eigenvalue weighted by atomic mass is 35.5. The van der Waals surface area contributed by atoms with Crippen molar-refractivity contribution < 1.29 is 28.7 Å². The number of imide groups is 1. The fourth-order valence-electron chi connectivity index (χ4n) is 5.42. The van der Waals surface area contributed by atoms with E-state index in [0.29, 0.717) is 5.02 Å². The highest BCUT2D eigenvalue weighted by Crippen LogP contribution is 2.53. The Morgan fingerprint density at radius 3 is 2.16 bits per heavy atom. The van der Waals surface area contributed by atoms with Crippen LogP contribution in [0.2, 0.25) is 5.02 Å². The van der Waals surface area contributed by atoms with Crippen LogP contribution in [-0.2, 0) is 30.3 Å². The van der Waals surface area contributed by atoms with E-state index < -0.39 is 42.3 Å². The van der Waals surface area contributed by atoms with Gasteiger partial charge in [0.15, 0.2) is 6.61 Å². The highest BCUT2D eigenvalue weighted by molar-refractivity contribution is 6.30. The van der Waals surface area contributed by atoms with Crippen molar-refractivity contribution in [3.8, 4) is 0 Å². The third kappa shape index (κ3) is 4.86. The summed E-state index contributed by atoms with van der Waals surface area (Å²) in [5.41, 5.74) is 5.41. The predicted octanol–water partition coefficient (Wildman–Crippen LogP) is 2.06. The monoisotopic (exact) mass is 521 g/mol. The SMILES string of the molecule is O=C(COC(=O)[C@H](Cc1ccccc1)N1C(=O)[C@@H]2[C@@H](C1=O)[C@H]1C=C[C@H]2C1)NNC(=O)c1ccc(Cl)cc1. The van der Waals surface area contributed by atoms with Crippen LogP contribution in [0.1, 0.15) is 22.3 Å². The Labute approximate surface area is 217 Å². The van der Waals surface area contributed by atoms with Gasteiger partial charge >= 0.3 is 5.97 Å². The van der Waals surface area contributed by atoms with Gasteiger partial charge in [-0.25, -0.2) is 4.79 Å². The molecular formula is C27H24ClN3O6. The number of nitrogens with zero attached hydrogens (tertiary/aromatic N) is 1. The second-order valence-electron chi connectivity index (χ2n) is 9.37. The van der Waals surface area contributed by atoms with Gasteiger partial charge in [-0.15, -0.1) is 0 Å². The molecule has 2 aliphatic carbocycles. The second kappa shape index (κ2) is 10.2. The minimum absolute atomic E-state index is 0.000116. The van der Waals surface area contributed by atoms with Crippen molar-refractivity contribution in [1.29, 1.82) is 0 Å². The minimum Gasteiger partial charge on any atom is -0.454 e. The van der Waals surface area contributed by atoms with Gasteiger partial charge in [0.05, 0.1) is 11.8 Å². The fraction of sp³-hybridized carbons (Fsp3) is 0.296. The summed E-state index contributed by atoms with van der Waals surface area (Å²) in [6.45, 7) is -0.707. The number of allylic oxidation sites excluding steroid dienone is 2. The molecule has 4 amide bonds. The van der Waals surface area contributed by atoms with E-state index in [1.807, 2.05) is 18.2 Å². The van der Waals surface area contributed by atoms with Gasteiger partial charge in [0.2, 0.25) is 11.8 Å². The molecule has 5 rings (SSSR count). The number of halogens is 1. The minimum atomic E-state index is -1.20. The van der Waals surface area contributed by atoms with E-state index in [1.54, 1.807) is 24.3 Å². The van der Waals surface area contributed by atoms with Crippen molar-refractivity contribution in [2.24, 2.45) is 23.7 Å². The maximum atomic E-state index is 13.3. The van der Waals surface area contributed by atoms with Crippen molar-refractivity contribution >= 4 is 41.2 Å². The zero-order valence-electron chi connectivity index (χ0n) is 19.6. The number of benzene rings is 2. The van der Waals surface area contributed by atoms with Crippen molar-refractivity contribution in [3.05, 3.63) is 82.9 Å².